The number of anilines is 1. The van der Waals surface area contributed by atoms with Crippen LogP contribution in [-0.4, -0.2) is 17.4 Å². The number of nitrogens with one attached hydrogen (secondary N) is 1. The lowest BCUT2D eigenvalue weighted by Crippen LogP contribution is -2.26. The lowest BCUT2D eigenvalue weighted by Gasteiger charge is -2.07. The minimum Gasteiger partial charge on any atom is -0.469 e. The smallest absolute Gasteiger partial charge is 0.269 e. The molecule has 1 amide bonds. The number of nitrogen functional groups attached to an aromatic ring is 1. The van der Waals surface area contributed by atoms with Crippen molar-refractivity contribution in [3.05, 3.63) is 60.2 Å². The SMILES string of the molecule is Nc1cc(C(=O)NCCc2ccco2)nc2ccccc12. The van der Waals surface area contributed by atoms with Gasteiger partial charge in [0.25, 0.3) is 5.91 Å². The summed E-state index contributed by atoms with van der Waals surface area (Å²) in [7, 11) is 0. The van der Waals surface area contributed by atoms with E-state index in [9.17, 15) is 4.79 Å². The Balaban J connectivity index is 1.72. The fourth-order valence-corrected chi connectivity index (χ4v) is 2.16. The van der Waals surface area contributed by atoms with Crippen molar-refractivity contribution in [1.29, 1.82) is 0 Å². The Morgan fingerprint density at radius 2 is 2.10 bits per heavy atom. The van der Waals surface area contributed by atoms with E-state index in [2.05, 4.69) is 10.3 Å². The van der Waals surface area contributed by atoms with Gasteiger partial charge < -0.3 is 15.5 Å². The molecule has 0 saturated carbocycles. The van der Waals surface area contributed by atoms with E-state index in [4.69, 9.17) is 10.2 Å². The zero-order chi connectivity index (χ0) is 14.7. The Hall–Kier alpha value is -2.82. The molecule has 106 valence electrons. The molecule has 3 rings (SSSR count). The first-order chi connectivity index (χ1) is 10.2. The summed E-state index contributed by atoms with van der Waals surface area (Å²) >= 11 is 0. The van der Waals surface area contributed by atoms with Gasteiger partial charge in [0, 0.05) is 24.0 Å². The molecule has 0 aliphatic carbocycles. The number of hydrogen-bond acceptors (Lipinski definition) is 4. The Labute approximate surface area is 121 Å². The molecular weight excluding hydrogens is 266 g/mol. The van der Waals surface area contributed by atoms with Crippen LogP contribution in [0.2, 0.25) is 0 Å². The highest BCUT2D eigenvalue weighted by atomic mass is 16.3. The highest BCUT2D eigenvalue weighted by Crippen LogP contribution is 2.19. The monoisotopic (exact) mass is 281 g/mol. The van der Waals surface area contributed by atoms with Gasteiger partial charge in [-0.15, -0.1) is 0 Å². The van der Waals surface area contributed by atoms with Crippen molar-refractivity contribution in [2.75, 3.05) is 12.3 Å². The fourth-order valence-electron chi connectivity index (χ4n) is 2.16. The summed E-state index contributed by atoms with van der Waals surface area (Å²) in [6.45, 7) is 0.487. The second-order valence-electron chi connectivity index (χ2n) is 4.70. The molecular formula is C16H15N3O2. The predicted octanol–water partition coefficient (Wildman–Crippen LogP) is 2.38. The number of aromatic nitrogens is 1. The van der Waals surface area contributed by atoms with Crippen LogP contribution in [0, 0.1) is 0 Å². The van der Waals surface area contributed by atoms with Crippen LogP contribution in [0.1, 0.15) is 16.2 Å². The van der Waals surface area contributed by atoms with E-state index < -0.39 is 0 Å². The topological polar surface area (TPSA) is 81.2 Å². The second kappa shape index (κ2) is 5.66. The van der Waals surface area contributed by atoms with Gasteiger partial charge in [-0.25, -0.2) is 4.98 Å². The van der Waals surface area contributed by atoms with Gasteiger partial charge in [0.05, 0.1) is 11.8 Å². The highest BCUT2D eigenvalue weighted by molar-refractivity contribution is 5.99. The Morgan fingerprint density at radius 1 is 1.24 bits per heavy atom. The van der Waals surface area contributed by atoms with Crippen LogP contribution in [0.5, 0.6) is 0 Å². The molecule has 21 heavy (non-hydrogen) atoms. The van der Waals surface area contributed by atoms with Crippen molar-refractivity contribution in [2.24, 2.45) is 0 Å². The van der Waals surface area contributed by atoms with Crippen molar-refractivity contribution in [2.45, 2.75) is 6.42 Å². The van der Waals surface area contributed by atoms with E-state index in [0.29, 0.717) is 29.9 Å². The van der Waals surface area contributed by atoms with E-state index in [-0.39, 0.29) is 5.91 Å². The van der Waals surface area contributed by atoms with E-state index in [1.807, 2.05) is 36.4 Å². The van der Waals surface area contributed by atoms with Gasteiger partial charge in [-0.2, -0.15) is 0 Å². The molecule has 3 aromatic rings. The van der Waals surface area contributed by atoms with Crippen LogP contribution < -0.4 is 11.1 Å². The molecule has 0 fully saturated rings. The molecule has 0 aliphatic rings. The van der Waals surface area contributed by atoms with Gasteiger partial charge in [0.1, 0.15) is 11.5 Å². The van der Waals surface area contributed by atoms with Crippen LogP contribution in [0.15, 0.2) is 53.1 Å². The summed E-state index contributed by atoms with van der Waals surface area (Å²) in [4.78, 5) is 16.4. The maximum absolute atomic E-state index is 12.1. The molecule has 0 saturated heterocycles. The number of rotatable bonds is 4. The molecule has 2 aromatic heterocycles. The van der Waals surface area contributed by atoms with Gasteiger partial charge >= 0.3 is 0 Å². The van der Waals surface area contributed by atoms with Crippen molar-refractivity contribution in [3.63, 3.8) is 0 Å². The van der Waals surface area contributed by atoms with Gasteiger partial charge in [0.2, 0.25) is 0 Å². The van der Waals surface area contributed by atoms with Crippen molar-refractivity contribution in [1.82, 2.24) is 10.3 Å². The molecule has 0 aliphatic heterocycles. The first-order valence-electron chi connectivity index (χ1n) is 6.70. The third-order valence-corrected chi connectivity index (χ3v) is 3.22. The summed E-state index contributed by atoms with van der Waals surface area (Å²) in [5.41, 5.74) is 7.56. The van der Waals surface area contributed by atoms with E-state index in [0.717, 1.165) is 11.1 Å². The van der Waals surface area contributed by atoms with Crippen molar-refractivity contribution < 1.29 is 9.21 Å². The lowest BCUT2D eigenvalue weighted by molar-refractivity contribution is 0.0949. The number of carbonyl (C=O) groups is 1. The quantitative estimate of drug-likeness (QED) is 0.769. The number of benzene rings is 1. The average molecular weight is 281 g/mol. The maximum Gasteiger partial charge on any atom is 0.269 e. The number of fused-ring (bicyclic) bond motifs is 1. The summed E-state index contributed by atoms with van der Waals surface area (Å²) in [6, 6.07) is 12.8. The van der Waals surface area contributed by atoms with Crippen LogP contribution in [0.4, 0.5) is 5.69 Å². The lowest BCUT2D eigenvalue weighted by atomic mass is 10.1. The van der Waals surface area contributed by atoms with Crippen LogP contribution >= 0.6 is 0 Å². The van der Waals surface area contributed by atoms with Crippen LogP contribution in [0.25, 0.3) is 10.9 Å². The second-order valence-corrected chi connectivity index (χ2v) is 4.70. The number of pyridine rings is 1. The number of carbonyl (C=O) groups excluding carboxylic acids is 1. The molecule has 3 N–H and O–H groups in total. The van der Waals surface area contributed by atoms with E-state index >= 15 is 0 Å². The molecule has 0 radical (unpaired) electrons. The minimum absolute atomic E-state index is 0.237. The third kappa shape index (κ3) is 2.86. The number of hydrogen-bond donors (Lipinski definition) is 2. The Bertz CT molecular complexity index is 766. The van der Waals surface area contributed by atoms with Crippen LogP contribution in [0.3, 0.4) is 0 Å². The Kier molecular flexibility index (Phi) is 3.55. The molecule has 0 atom stereocenters. The van der Waals surface area contributed by atoms with Gasteiger partial charge in [0.15, 0.2) is 0 Å². The highest BCUT2D eigenvalue weighted by Gasteiger charge is 2.10. The molecule has 2 heterocycles. The maximum atomic E-state index is 12.1. The zero-order valence-corrected chi connectivity index (χ0v) is 11.4. The zero-order valence-electron chi connectivity index (χ0n) is 11.4. The number of amides is 1. The first-order valence-corrected chi connectivity index (χ1v) is 6.70. The van der Waals surface area contributed by atoms with Crippen LogP contribution in [-0.2, 0) is 6.42 Å². The Morgan fingerprint density at radius 3 is 2.90 bits per heavy atom. The largest absolute Gasteiger partial charge is 0.469 e. The normalized spacial score (nSPS) is 10.7. The predicted molar refractivity (Wildman–Crippen MR) is 80.9 cm³/mol. The number of para-hydroxylation sites is 1. The standard InChI is InChI=1S/C16H15N3O2/c17-13-10-15(19-14-6-2-1-5-12(13)14)16(20)18-8-7-11-4-3-9-21-11/h1-6,9-10H,7-8H2,(H2,17,19)(H,18,20). The summed E-state index contributed by atoms with van der Waals surface area (Å²) in [6.07, 6.45) is 2.25. The van der Waals surface area contributed by atoms with E-state index in [1.54, 1.807) is 12.3 Å². The molecule has 5 heteroatoms. The molecule has 5 nitrogen and oxygen atoms in total. The third-order valence-electron chi connectivity index (χ3n) is 3.22. The minimum atomic E-state index is -0.237. The fraction of sp³-hybridized carbons (Fsp3) is 0.125. The average Bonchev–Trinajstić information content (AvgIpc) is 3.00. The van der Waals surface area contributed by atoms with Gasteiger partial charge in [-0.05, 0) is 24.3 Å². The molecule has 0 bridgehead atoms. The van der Waals surface area contributed by atoms with Gasteiger partial charge in [-0.1, -0.05) is 18.2 Å². The van der Waals surface area contributed by atoms with Crippen molar-refractivity contribution >= 4 is 22.5 Å². The molecule has 1 aromatic carbocycles. The summed E-state index contributed by atoms with van der Waals surface area (Å²) in [5, 5.41) is 3.66. The molecule has 0 spiro atoms. The number of furan rings is 1. The summed E-state index contributed by atoms with van der Waals surface area (Å²) < 4.78 is 5.21. The number of nitrogens with two attached hydrogens (primary N) is 1. The summed E-state index contributed by atoms with van der Waals surface area (Å²) in [5.74, 6) is 0.597. The van der Waals surface area contributed by atoms with Gasteiger partial charge in [-0.3, -0.25) is 4.79 Å². The number of nitrogens with zero attached hydrogens (tertiary/aromatic N) is 1. The molecule has 0 unspecified atom stereocenters. The first kappa shape index (κ1) is 13.2. The van der Waals surface area contributed by atoms with Crippen molar-refractivity contribution in [3.8, 4) is 0 Å². The van der Waals surface area contributed by atoms with E-state index in [1.165, 1.54) is 0 Å².